The first kappa shape index (κ1) is 9.19. The van der Waals surface area contributed by atoms with Crippen LogP contribution in [-0.4, -0.2) is 14.6 Å². The Hall–Kier alpha value is -1.38. The average Bonchev–Trinajstić information content (AvgIpc) is 2.49. The van der Waals surface area contributed by atoms with Crippen LogP contribution in [-0.2, 0) is 6.42 Å². The SMILES string of the molecule is CC(C)(C)Cc1ccnc2ccnn12. The van der Waals surface area contributed by atoms with Gasteiger partial charge < -0.3 is 0 Å². The Morgan fingerprint density at radius 2 is 2.00 bits per heavy atom. The first-order valence-corrected chi connectivity index (χ1v) is 4.84. The minimum absolute atomic E-state index is 0.278. The highest BCUT2D eigenvalue weighted by Crippen LogP contribution is 2.20. The normalized spacial score (nSPS) is 12.2. The molecule has 2 heterocycles. The van der Waals surface area contributed by atoms with Gasteiger partial charge in [-0.3, -0.25) is 0 Å². The summed E-state index contributed by atoms with van der Waals surface area (Å²) in [5, 5.41) is 4.26. The lowest BCUT2D eigenvalue weighted by Gasteiger charge is -2.18. The molecule has 0 saturated heterocycles. The molecule has 0 atom stereocenters. The van der Waals surface area contributed by atoms with E-state index in [9.17, 15) is 0 Å². The minimum atomic E-state index is 0.278. The zero-order valence-corrected chi connectivity index (χ0v) is 8.86. The zero-order chi connectivity index (χ0) is 10.2. The van der Waals surface area contributed by atoms with Crippen LogP contribution in [0.2, 0.25) is 0 Å². The van der Waals surface area contributed by atoms with E-state index in [0.29, 0.717) is 0 Å². The largest absolute Gasteiger partial charge is 0.237 e. The molecule has 74 valence electrons. The molecule has 0 bridgehead atoms. The van der Waals surface area contributed by atoms with Crippen LogP contribution in [0.15, 0.2) is 24.5 Å². The summed E-state index contributed by atoms with van der Waals surface area (Å²) in [5.41, 5.74) is 2.42. The zero-order valence-electron chi connectivity index (χ0n) is 8.86. The smallest absolute Gasteiger partial charge is 0.155 e. The monoisotopic (exact) mass is 189 g/mol. The molecule has 2 rings (SSSR count). The van der Waals surface area contributed by atoms with Crippen LogP contribution in [0.1, 0.15) is 26.5 Å². The lowest BCUT2D eigenvalue weighted by Crippen LogP contribution is -2.13. The second-order valence-corrected chi connectivity index (χ2v) is 4.77. The summed E-state index contributed by atoms with van der Waals surface area (Å²) in [5.74, 6) is 0. The highest BCUT2D eigenvalue weighted by Gasteiger charge is 2.13. The summed E-state index contributed by atoms with van der Waals surface area (Å²) in [4.78, 5) is 4.23. The molecule has 3 heteroatoms. The Kier molecular flexibility index (Phi) is 2.02. The van der Waals surface area contributed by atoms with Crippen LogP contribution in [0.5, 0.6) is 0 Å². The summed E-state index contributed by atoms with van der Waals surface area (Å²) in [6.07, 6.45) is 4.64. The Morgan fingerprint density at radius 1 is 1.21 bits per heavy atom. The van der Waals surface area contributed by atoms with Crippen molar-refractivity contribution in [2.75, 3.05) is 0 Å². The summed E-state index contributed by atoms with van der Waals surface area (Å²) in [6.45, 7) is 6.67. The molecule has 0 radical (unpaired) electrons. The molecule has 14 heavy (non-hydrogen) atoms. The van der Waals surface area contributed by atoms with E-state index in [1.165, 1.54) is 5.69 Å². The van der Waals surface area contributed by atoms with Gasteiger partial charge in [-0.15, -0.1) is 0 Å². The first-order valence-electron chi connectivity index (χ1n) is 4.84. The Balaban J connectivity index is 2.46. The second-order valence-electron chi connectivity index (χ2n) is 4.77. The van der Waals surface area contributed by atoms with Crippen LogP contribution < -0.4 is 0 Å². The van der Waals surface area contributed by atoms with Gasteiger partial charge in [-0.1, -0.05) is 20.8 Å². The fourth-order valence-electron chi connectivity index (χ4n) is 1.56. The van der Waals surface area contributed by atoms with Crippen molar-refractivity contribution in [3.05, 3.63) is 30.2 Å². The molecule has 0 aromatic carbocycles. The number of hydrogen-bond acceptors (Lipinski definition) is 2. The summed E-state index contributed by atoms with van der Waals surface area (Å²) >= 11 is 0. The summed E-state index contributed by atoms with van der Waals surface area (Å²) < 4.78 is 1.91. The molecule has 0 aliphatic rings. The maximum Gasteiger partial charge on any atom is 0.155 e. The van der Waals surface area contributed by atoms with Gasteiger partial charge in [0.15, 0.2) is 5.65 Å². The van der Waals surface area contributed by atoms with Crippen LogP contribution in [0, 0.1) is 5.41 Å². The number of fused-ring (bicyclic) bond motifs is 1. The quantitative estimate of drug-likeness (QED) is 0.689. The lowest BCUT2D eigenvalue weighted by molar-refractivity contribution is 0.402. The predicted octanol–water partition coefficient (Wildman–Crippen LogP) is 2.32. The van der Waals surface area contributed by atoms with Crippen molar-refractivity contribution in [2.45, 2.75) is 27.2 Å². The number of nitrogens with zero attached hydrogens (tertiary/aromatic N) is 3. The second kappa shape index (κ2) is 3.08. The van der Waals surface area contributed by atoms with Crippen molar-refractivity contribution in [2.24, 2.45) is 5.41 Å². The molecule has 0 aliphatic heterocycles. The van der Waals surface area contributed by atoms with Crippen molar-refractivity contribution >= 4 is 5.65 Å². The van der Waals surface area contributed by atoms with Crippen molar-refractivity contribution < 1.29 is 0 Å². The van der Waals surface area contributed by atoms with Gasteiger partial charge in [-0.2, -0.15) is 5.10 Å². The van der Waals surface area contributed by atoms with E-state index in [1.807, 2.05) is 22.8 Å². The Morgan fingerprint density at radius 3 is 2.71 bits per heavy atom. The van der Waals surface area contributed by atoms with Gasteiger partial charge in [-0.05, 0) is 17.9 Å². The molecule has 0 N–H and O–H groups in total. The van der Waals surface area contributed by atoms with Gasteiger partial charge in [0.2, 0.25) is 0 Å². The van der Waals surface area contributed by atoms with Gasteiger partial charge in [0, 0.05) is 18.0 Å². The van der Waals surface area contributed by atoms with Crippen LogP contribution >= 0.6 is 0 Å². The van der Waals surface area contributed by atoms with Crippen LogP contribution in [0.3, 0.4) is 0 Å². The lowest BCUT2D eigenvalue weighted by atomic mass is 9.90. The van der Waals surface area contributed by atoms with E-state index in [1.54, 1.807) is 6.20 Å². The molecular formula is C11H15N3. The molecular weight excluding hydrogens is 174 g/mol. The van der Waals surface area contributed by atoms with Gasteiger partial charge in [0.05, 0.1) is 6.20 Å². The number of aromatic nitrogens is 3. The van der Waals surface area contributed by atoms with Gasteiger partial charge in [-0.25, -0.2) is 9.50 Å². The van der Waals surface area contributed by atoms with Gasteiger partial charge in [0.25, 0.3) is 0 Å². The third kappa shape index (κ3) is 1.76. The highest BCUT2D eigenvalue weighted by molar-refractivity contribution is 5.36. The van der Waals surface area contributed by atoms with E-state index < -0.39 is 0 Å². The highest BCUT2D eigenvalue weighted by atomic mass is 15.2. The Bertz CT molecular complexity index is 437. The molecule has 2 aromatic rings. The first-order chi connectivity index (χ1) is 6.56. The van der Waals surface area contributed by atoms with Gasteiger partial charge >= 0.3 is 0 Å². The Labute approximate surface area is 83.8 Å². The average molecular weight is 189 g/mol. The minimum Gasteiger partial charge on any atom is -0.237 e. The van der Waals surface area contributed by atoms with Crippen LogP contribution in [0.25, 0.3) is 5.65 Å². The van der Waals surface area contributed by atoms with Gasteiger partial charge in [0.1, 0.15) is 0 Å². The van der Waals surface area contributed by atoms with Crippen molar-refractivity contribution in [1.82, 2.24) is 14.6 Å². The van der Waals surface area contributed by atoms with Crippen LogP contribution in [0.4, 0.5) is 0 Å². The van der Waals surface area contributed by atoms with E-state index >= 15 is 0 Å². The number of rotatable bonds is 1. The molecule has 2 aromatic heterocycles. The molecule has 0 aliphatic carbocycles. The predicted molar refractivity (Wildman–Crippen MR) is 56.1 cm³/mol. The molecule has 0 fully saturated rings. The van der Waals surface area contributed by atoms with Crippen molar-refractivity contribution in [3.63, 3.8) is 0 Å². The molecule has 0 amide bonds. The van der Waals surface area contributed by atoms with Crippen molar-refractivity contribution in [3.8, 4) is 0 Å². The molecule has 0 spiro atoms. The van der Waals surface area contributed by atoms with Crippen molar-refractivity contribution in [1.29, 1.82) is 0 Å². The van der Waals surface area contributed by atoms with E-state index in [4.69, 9.17) is 0 Å². The van der Waals surface area contributed by atoms with E-state index in [2.05, 4.69) is 30.9 Å². The summed E-state index contributed by atoms with van der Waals surface area (Å²) in [6, 6.07) is 3.96. The molecule has 0 saturated carbocycles. The number of hydrogen-bond donors (Lipinski definition) is 0. The third-order valence-corrected chi connectivity index (χ3v) is 2.08. The topological polar surface area (TPSA) is 30.2 Å². The standard InChI is InChI=1S/C11H15N3/c1-11(2,3)8-9-4-6-12-10-5-7-13-14(9)10/h4-7H,8H2,1-3H3. The maximum absolute atomic E-state index is 4.26. The third-order valence-electron chi connectivity index (χ3n) is 2.08. The molecule has 0 unspecified atom stereocenters. The molecule has 3 nitrogen and oxygen atoms in total. The maximum atomic E-state index is 4.26. The van der Waals surface area contributed by atoms with E-state index in [-0.39, 0.29) is 5.41 Å². The fraction of sp³-hybridized carbons (Fsp3) is 0.455. The fourth-order valence-corrected chi connectivity index (χ4v) is 1.56. The summed E-state index contributed by atoms with van der Waals surface area (Å²) in [7, 11) is 0. The van der Waals surface area contributed by atoms with E-state index in [0.717, 1.165) is 12.1 Å².